The summed E-state index contributed by atoms with van der Waals surface area (Å²) in [5.74, 6) is 5.23. The lowest BCUT2D eigenvalue weighted by atomic mass is 9.99. The average molecular weight is 821 g/mol. The van der Waals surface area contributed by atoms with Gasteiger partial charge in [0.1, 0.15) is 24.7 Å². The fraction of sp³-hybridized carbons (Fsp3) is 0.381. The molecule has 0 aliphatic carbocycles. The number of aromatic nitrogens is 8. The van der Waals surface area contributed by atoms with Crippen LogP contribution in [0.4, 0.5) is 29.0 Å². The number of nitrogens with two attached hydrogens (primary N) is 1. The van der Waals surface area contributed by atoms with Gasteiger partial charge in [-0.3, -0.25) is 0 Å². The first kappa shape index (κ1) is 39.5. The summed E-state index contributed by atoms with van der Waals surface area (Å²) in [7, 11) is 3.29. The summed E-state index contributed by atoms with van der Waals surface area (Å²) >= 11 is 5.81. The Kier molecular flexibility index (Phi) is 10.8. The molecule has 0 unspecified atom stereocenters. The molecule has 17 heteroatoms. The predicted molar refractivity (Wildman–Crippen MR) is 227 cm³/mol. The number of ether oxygens (including phenoxy) is 4. The maximum absolute atomic E-state index is 5.93. The van der Waals surface area contributed by atoms with Crippen molar-refractivity contribution < 1.29 is 18.9 Å². The Morgan fingerprint density at radius 3 is 1.83 bits per heavy atom. The number of anilines is 5. The molecule has 4 aromatic heterocycles. The van der Waals surface area contributed by atoms with Gasteiger partial charge in [-0.25, -0.2) is 19.9 Å². The van der Waals surface area contributed by atoms with E-state index in [0.717, 1.165) is 95.4 Å². The topological polar surface area (TPSA) is 169 Å². The highest BCUT2D eigenvalue weighted by atomic mass is 35.5. The van der Waals surface area contributed by atoms with Crippen LogP contribution in [0, 0.1) is 13.8 Å². The van der Waals surface area contributed by atoms with Gasteiger partial charge < -0.3 is 48.9 Å². The van der Waals surface area contributed by atoms with Gasteiger partial charge >= 0.3 is 0 Å². The molecule has 0 saturated carbocycles. The van der Waals surface area contributed by atoms with E-state index in [0.29, 0.717) is 24.8 Å². The van der Waals surface area contributed by atoms with E-state index >= 15 is 0 Å². The van der Waals surface area contributed by atoms with Crippen molar-refractivity contribution in [2.45, 2.75) is 64.5 Å². The Hall–Kier alpha value is -6.29. The molecule has 3 N–H and O–H groups in total. The van der Waals surface area contributed by atoms with Crippen molar-refractivity contribution in [1.82, 2.24) is 39.0 Å². The van der Waals surface area contributed by atoms with Crippen LogP contribution >= 0.6 is 11.6 Å². The van der Waals surface area contributed by atoms with E-state index in [4.69, 9.17) is 41.3 Å². The van der Waals surface area contributed by atoms with Crippen LogP contribution in [0.5, 0.6) is 23.0 Å². The summed E-state index contributed by atoms with van der Waals surface area (Å²) in [6.07, 6.45) is 15.4. The third kappa shape index (κ3) is 8.09. The van der Waals surface area contributed by atoms with Gasteiger partial charge in [0.2, 0.25) is 11.2 Å². The molecule has 0 bridgehead atoms. The summed E-state index contributed by atoms with van der Waals surface area (Å²) in [5.41, 5.74) is 11.1. The third-order valence-electron chi connectivity index (χ3n) is 11.1. The molecule has 16 nitrogen and oxygen atoms in total. The SMILES string of the molecule is COc1cc(N)ccc1-n1cnc(C)c1.COc1cc(Nc2ncc3c(n2)N2CCC[C@@]2(C)CO3)ccc1-n1cnc(C)c1.C[C@@]12CCCN1c1nc(Cl)ncc1OC2. The van der Waals surface area contributed by atoms with E-state index in [9.17, 15) is 0 Å². The molecule has 2 atom stereocenters. The smallest absolute Gasteiger partial charge is 0.229 e. The predicted octanol–water partition coefficient (Wildman–Crippen LogP) is 7.13. The molecule has 0 spiro atoms. The van der Waals surface area contributed by atoms with Crippen LogP contribution in [0.3, 0.4) is 0 Å². The number of hydrogen-bond acceptors (Lipinski definition) is 14. The highest BCUT2D eigenvalue weighted by molar-refractivity contribution is 6.28. The number of nitrogen functional groups attached to an aromatic ring is 1. The van der Waals surface area contributed by atoms with E-state index in [1.54, 1.807) is 45.3 Å². The molecule has 6 aromatic rings. The molecule has 0 radical (unpaired) electrons. The number of aryl methyl sites for hydroxylation is 2. The van der Waals surface area contributed by atoms with E-state index in [1.807, 2.05) is 65.7 Å². The molecule has 2 saturated heterocycles. The Bertz CT molecular complexity index is 2460. The van der Waals surface area contributed by atoms with Crippen molar-refractivity contribution in [3.63, 3.8) is 0 Å². The number of halogens is 1. The number of nitrogens with one attached hydrogen (secondary N) is 1. The van der Waals surface area contributed by atoms with Crippen molar-refractivity contribution in [1.29, 1.82) is 0 Å². The number of nitrogens with zero attached hydrogens (tertiary/aromatic N) is 10. The molecule has 308 valence electrons. The number of fused-ring (bicyclic) bond motifs is 6. The second-order valence-corrected chi connectivity index (χ2v) is 15.9. The summed E-state index contributed by atoms with van der Waals surface area (Å²) in [6.45, 7) is 11.8. The lowest BCUT2D eigenvalue weighted by Crippen LogP contribution is -2.49. The maximum Gasteiger partial charge on any atom is 0.229 e. The lowest BCUT2D eigenvalue weighted by molar-refractivity contribution is 0.210. The van der Waals surface area contributed by atoms with Crippen molar-refractivity contribution in [2.75, 3.05) is 61.4 Å². The number of benzene rings is 2. The van der Waals surface area contributed by atoms with Crippen molar-refractivity contribution >= 4 is 40.6 Å². The normalized spacial score (nSPS) is 19.6. The summed E-state index contributed by atoms with van der Waals surface area (Å²) in [4.78, 5) is 30.5. The molecule has 8 heterocycles. The minimum atomic E-state index is 0.0203. The van der Waals surface area contributed by atoms with Crippen LogP contribution in [0.25, 0.3) is 11.4 Å². The molecule has 10 rings (SSSR count). The lowest BCUT2D eigenvalue weighted by Gasteiger charge is -2.40. The van der Waals surface area contributed by atoms with Gasteiger partial charge in [0.05, 0.1) is 73.1 Å². The standard InChI is InChI=1S/C21H24N6O2.C11H13N3O.C10H12ClN3O/c1-14-11-26(13-23-14)16-6-5-15(9-17(16)28-3)24-20-22-10-18-19(25-20)27-8-4-7-21(27,2)12-29-18;1-8-6-14(7-13-8)10-4-3-9(12)5-11(10)15-2;1-10-3-2-4-14(10)8-7(15-6-10)5-12-9(11)13-8/h5-6,9-11,13H,4,7-8,12H2,1-3H3,(H,22,24,25);3-7H,12H2,1-2H3;5H,2-4,6H2,1H3/t21-;;10-/m0.0/s1. The van der Waals surface area contributed by atoms with E-state index in [-0.39, 0.29) is 16.4 Å². The Balaban J connectivity index is 0.000000136. The highest BCUT2D eigenvalue weighted by Crippen LogP contribution is 2.43. The average Bonchev–Trinajstić information content (AvgIpc) is 4.05. The fourth-order valence-electron chi connectivity index (χ4n) is 8.00. The van der Waals surface area contributed by atoms with Crippen molar-refractivity contribution in [3.8, 4) is 34.4 Å². The van der Waals surface area contributed by atoms with E-state index in [1.165, 1.54) is 6.42 Å². The third-order valence-corrected chi connectivity index (χ3v) is 11.3. The largest absolute Gasteiger partial charge is 0.494 e. The second kappa shape index (κ2) is 16.2. The molecule has 2 fully saturated rings. The van der Waals surface area contributed by atoms with Gasteiger partial charge in [-0.2, -0.15) is 9.97 Å². The molecule has 0 amide bonds. The minimum Gasteiger partial charge on any atom is -0.494 e. The summed E-state index contributed by atoms with van der Waals surface area (Å²) < 4.78 is 26.3. The molecule has 59 heavy (non-hydrogen) atoms. The van der Waals surface area contributed by atoms with Crippen molar-refractivity contribution in [3.05, 3.63) is 90.5 Å². The Labute approximate surface area is 348 Å². The van der Waals surface area contributed by atoms with Gasteiger partial charge in [0, 0.05) is 49.0 Å². The summed E-state index contributed by atoms with van der Waals surface area (Å²) in [6, 6.07) is 11.4. The van der Waals surface area contributed by atoms with Crippen LogP contribution in [0.1, 0.15) is 50.9 Å². The first-order chi connectivity index (χ1) is 28.4. The van der Waals surface area contributed by atoms with Gasteiger partial charge in [-0.1, -0.05) is 0 Å². The molecule has 4 aliphatic heterocycles. The second-order valence-electron chi connectivity index (χ2n) is 15.6. The Morgan fingerprint density at radius 1 is 0.729 bits per heavy atom. The van der Waals surface area contributed by atoms with Crippen LogP contribution in [0.2, 0.25) is 5.28 Å². The van der Waals surface area contributed by atoms with E-state index in [2.05, 4.69) is 53.9 Å². The first-order valence-electron chi connectivity index (χ1n) is 19.6. The monoisotopic (exact) mass is 820 g/mol. The maximum atomic E-state index is 5.93. The van der Waals surface area contributed by atoms with Crippen LogP contribution in [-0.4, -0.2) is 90.6 Å². The number of methoxy groups -OCH3 is 2. The first-order valence-corrected chi connectivity index (χ1v) is 19.9. The summed E-state index contributed by atoms with van der Waals surface area (Å²) in [5, 5.41) is 3.58. The number of hydrogen-bond donors (Lipinski definition) is 2. The highest BCUT2D eigenvalue weighted by Gasteiger charge is 2.44. The van der Waals surface area contributed by atoms with Crippen LogP contribution < -0.4 is 39.8 Å². The molecular weight excluding hydrogens is 772 g/mol. The van der Waals surface area contributed by atoms with E-state index < -0.39 is 0 Å². The van der Waals surface area contributed by atoms with Crippen molar-refractivity contribution in [2.24, 2.45) is 0 Å². The zero-order valence-corrected chi connectivity index (χ0v) is 34.9. The number of imidazole rings is 2. The molecular formula is C42H49ClN12O4. The molecule has 4 aliphatic rings. The fourth-order valence-corrected chi connectivity index (χ4v) is 8.13. The zero-order chi connectivity index (χ0) is 41.3. The van der Waals surface area contributed by atoms with Crippen LogP contribution in [-0.2, 0) is 0 Å². The van der Waals surface area contributed by atoms with Gasteiger partial charge in [-0.15, -0.1) is 0 Å². The molecule has 2 aromatic carbocycles. The Morgan fingerprint density at radius 2 is 1.27 bits per heavy atom. The van der Waals surface area contributed by atoms with Gasteiger partial charge in [0.15, 0.2) is 23.1 Å². The van der Waals surface area contributed by atoms with Gasteiger partial charge in [-0.05, 0) is 89.2 Å². The zero-order valence-electron chi connectivity index (χ0n) is 34.1. The van der Waals surface area contributed by atoms with Crippen LogP contribution in [0.15, 0.2) is 73.8 Å². The number of rotatable bonds is 6. The minimum absolute atomic E-state index is 0.0203. The quantitative estimate of drug-likeness (QED) is 0.129. The van der Waals surface area contributed by atoms with Gasteiger partial charge in [0.25, 0.3) is 0 Å².